The van der Waals surface area contributed by atoms with Gasteiger partial charge in [0.2, 0.25) is 0 Å². The lowest BCUT2D eigenvalue weighted by atomic mass is 10.1. The standard InChI is InChI=1S/C16H15NO4/c18-15(11-5-7-12(8-6-11)16(19)20)17-9-1-3-13(17)14-4-2-10-21-14/h2,4-8,10,13H,1,3,9H2,(H,19,20)/t13-/m0/s1. The Hall–Kier alpha value is -2.56. The number of furan rings is 1. The van der Waals surface area contributed by atoms with Crippen LogP contribution in [0.3, 0.4) is 0 Å². The first-order valence-electron chi connectivity index (χ1n) is 6.84. The average molecular weight is 285 g/mol. The van der Waals surface area contributed by atoms with Crippen molar-refractivity contribution in [3.63, 3.8) is 0 Å². The van der Waals surface area contributed by atoms with Crippen molar-refractivity contribution in [3.8, 4) is 0 Å². The predicted octanol–water partition coefficient (Wildman–Crippen LogP) is 2.96. The van der Waals surface area contributed by atoms with Crippen molar-refractivity contribution in [2.45, 2.75) is 18.9 Å². The highest BCUT2D eigenvalue weighted by molar-refractivity contribution is 5.96. The molecule has 1 amide bonds. The highest BCUT2D eigenvalue weighted by atomic mass is 16.4. The number of benzene rings is 1. The summed E-state index contributed by atoms with van der Waals surface area (Å²) < 4.78 is 5.41. The van der Waals surface area contributed by atoms with E-state index in [0.717, 1.165) is 18.6 Å². The molecule has 0 bridgehead atoms. The molecule has 3 rings (SSSR count). The second-order valence-corrected chi connectivity index (χ2v) is 5.05. The van der Waals surface area contributed by atoms with E-state index < -0.39 is 5.97 Å². The molecule has 1 saturated heterocycles. The molecule has 1 aliphatic rings. The number of aromatic carboxylic acids is 1. The van der Waals surface area contributed by atoms with Gasteiger partial charge in [-0.1, -0.05) is 0 Å². The number of carbonyl (C=O) groups excluding carboxylic acids is 1. The van der Waals surface area contributed by atoms with Crippen LogP contribution in [0.2, 0.25) is 0 Å². The number of amides is 1. The number of rotatable bonds is 3. The zero-order valence-electron chi connectivity index (χ0n) is 11.4. The number of nitrogens with zero attached hydrogens (tertiary/aromatic N) is 1. The van der Waals surface area contributed by atoms with Crippen LogP contribution < -0.4 is 0 Å². The molecule has 21 heavy (non-hydrogen) atoms. The number of hydrogen-bond acceptors (Lipinski definition) is 3. The van der Waals surface area contributed by atoms with Crippen molar-refractivity contribution in [2.75, 3.05) is 6.54 Å². The van der Waals surface area contributed by atoms with Crippen LogP contribution in [0.15, 0.2) is 47.1 Å². The maximum Gasteiger partial charge on any atom is 0.335 e. The maximum absolute atomic E-state index is 12.6. The van der Waals surface area contributed by atoms with Crippen molar-refractivity contribution in [1.29, 1.82) is 0 Å². The lowest BCUT2D eigenvalue weighted by Crippen LogP contribution is -2.30. The monoisotopic (exact) mass is 285 g/mol. The molecule has 1 N–H and O–H groups in total. The summed E-state index contributed by atoms with van der Waals surface area (Å²) in [5.74, 6) is -0.294. The van der Waals surface area contributed by atoms with Crippen molar-refractivity contribution in [3.05, 3.63) is 59.5 Å². The van der Waals surface area contributed by atoms with Crippen LogP contribution in [0.25, 0.3) is 0 Å². The number of hydrogen-bond donors (Lipinski definition) is 1. The molecule has 2 aromatic rings. The first-order valence-corrected chi connectivity index (χ1v) is 6.84. The van der Waals surface area contributed by atoms with E-state index in [1.807, 2.05) is 12.1 Å². The maximum atomic E-state index is 12.6. The van der Waals surface area contributed by atoms with Gasteiger partial charge in [0.1, 0.15) is 5.76 Å². The molecule has 108 valence electrons. The summed E-state index contributed by atoms with van der Waals surface area (Å²) in [7, 11) is 0. The Bertz CT molecular complexity index is 645. The van der Waals surface area contributed by atoms with Gasteiger partial charge in [-0.2, -0.15) is 0 Å². The molecule has 0 aliphatic carbocycles. The molecule has 1 atom stereocenters. The van der Waals surface area contributed by atoms with Gasteiger partial charge in [-0.15, -0.1) is 0 Å². The van der Waals surface area contributed by atoms with Crippen molar-refractivity contribution in [1.82, 2.24) is 4.90 Å². The molecule has 1 aromatic heterocycles. The molecule has 1 aromatic carbocycles. The van der Waals surface area contributed by atoms with E-state index in [1.165, 1.54) is 12.1 Å². The third-order valence-corrected chi connectivity index (χ3v) is 3.76. The summed E-state index contributed by atoms with van der Waals surface area (Å²) in [4.78, 5) is 25.2. The fourth-order valence-electron chi connectivity index (χ4n) is 2.71. The molecular formula is C16H15NO4. The Kier molecular flexibility index (Phi) is 3.48. The van der Waals surface area contributed by atoms with E-state index >= 15 is 0 Å². The molecule has 0 radical (unpaired) electrons. The van der Waals surface area contributed by atoms with Gasteiger partial charge in [-0.05, 0) is 49.2 Å². The second kappa shape index (κ2) is 5.44. The van der Waals surface area contributed by atoms with Crippen molar-refractivity contribution < 1.29 is 19.1 Å². The highest BCUT2D eigenvalue weighted by Gasteiger charge is 2.32. The first-order chi connectivity index (χ1) is 10.2. The quantitative estimate of drug-likeness (QED) is 0.941. The second-order valence-electron chi connectivity index (χ2n) is 5.05. The Morgan fingerprint density at radius 1 is 1.14 bits per heavy atom. The molecule has 0 saturated carbocycles. The largest absolute Gasteiger partial charge is 0.478 e. The summed E-state index contributed by atoms with van der Waals surface area (Å²) in [5.41, 5.74) is 0.675. The number of carbonyl (C=O) groups is 2. The van der Waals surface area contributed by atoms with Crippen LogP contribution in [0.5, 0.6) is 0 Å². The molecule has 2 heterocycles. The molecular weight excluding hydrogens is 270 g/mol. The molecule has 5 nitrogen and oxygen atoms in total. The van der Waals surface area contributed by atoms with E-state index in [4.69, 9.17) is 9.52 Å². The topological polar surface area (TPSA) is 70.8 Å². The minimum Gasteiger partial charge on any atom is -0.478 e. The normalized spacial score (nSPS) is 17.9. The van der Waals surface area contributed by atoms with Gasteiger partial charge in [0, 0.05) is 12.1 Å². The Labute approximate surface area is 121 Å². The summed E-state index contributed by atoms with van der Waals surface area (Å²) in [6.45, 7) is 0.685. The summed E-state index contributed by atoms with van der Waals surface area (Å²) >= 11 is 0. The number of likely N-dealkylation sites (tertiary alicyclic amines) is 1. The van der Waals surface area contributed by atoms with Gasteiger partial charge in [-0.25, -0.2) is 4.79 Å². The SMILES string of the molecule is O=C(O)c1ccc(C(=O)N2CCC[C@H]2c2ccco2)cc1. The highest BCUT2D eigenvalue weighted by Crippen LogP contribution is 2.33. The van der Waals surface area contributed by atoms with Gasteiger partial charge in [-0.3, -0.25) is 4.79 Å². The van der Waals surface area contributed by atoms with Crippen LogP contribution in [0, 0.1) is 0 Å². The van der Waals surface area contributed by atoms with E-state index in [-0.39, 0.29) is 17.5 Å². The minimum atomic E-state index is -0.997. The summed E-state index contributed by atoms with van der Waals surface area (Å²) in [6.07, 6.45) is 3.43. The number of carboxylic acids is 1. The van der Waals surface area contributed by atoms with E-state index in [1.54, 1.807) is 23.3 Å². The fourth-order valence-corrected chi connectivity index (χ4v) is 2.71. The lowest BCUT2D eigenvalue weighted by Gasteiger charge is -2.23. The average Bonchev–Trinajstić information content (AvgIpc) is 3.17. The van der Waals surface area contributed by atoms with Crippen LogP contribution in [-0.4, -0.2) is 28.4 Å². The van der Waals surface area contributed by atoms with Crippen molar-refractivity contribution >= 4 is 11.9 Å². The molecule has 1 fully saturated rings. The van der Waals surface area contributed by atoms with Crippen LogP contribution in [0.1, 0.15) is 45.4 Å². The molecule has 1 aliphatic heterocycles. The zero-order valence-corrected chi connectivity index (χ0v) is 11.4. The zero-order chi connectivity index (χ0) is 14.8. The fraction of sp³-hybridized carbons (Fsp3) is 0.250. The Morgan fingerprint density at radius 3 is 2.48 bits per heavy atom. The van der Waals surface area contributed by atoms with Gasteiger partial charge in [0.15, 0.2) is 0 Å². The third kappa shape index (κ3) is 2.54. The van der Waals surface area contributed by atoms with Crippen molar-refractivity contribution in [2.24, 2.45) is 0 Å². The van der Waals surface area contributed by atoms with Gasteiger partial charge in [0.05, 0.1) is 17.9 Å². The van der Waals surface area contributed by atoms with Crippen LogP contribution in [0.4, 0.5) is 0 Å². The third-order valence-electron chi connectivity index (χ3n) is 3.76. The first kappa shape index (κ1) is 13.4. The minimum absolute atomic E-state index is 0.0355. The Morgan fingerprint density at radius 2 is 1.86 bits per heavy atom. The van der Waals surface area contributed by atoms with Gasteiger partial charge in [0.25, 0.3) is 5.91 Å². The van der Waals surface area contributed by atoms with Gasteiger partial charge >= 0.3 is 5.97 Å². The van der Waals surface area contributed by atoms with E-state index in [9.17, 15) is 9.59 Å². The van der Waals surface area contributed by atoms with Crippen LogP contribution in [-0.2, 0) is 0 Å². The van der Waals surface area contributed by atoms with E-state index in [0.29, 0.717) is 12.1 Å². The van der Waals surface area contributed by atoms with Crippen LogP contribution >= 0.6 is 0 Å². The van der Waals surface area contributed by atoms with E-state index in [2.05, 4.69) is 0 Å². The predicted molar refractivity (Wildman–Crippen MR) is 75.1 cm³/mol. The smallest absolute Gasteiger partial charge is 0.335 e. The molecule has 0 unspecified atom stereocenters. The van der Waals surface area contributed by atoms with Gasteiger partial charge < -0.3 is 14.4 Å². The summed E-state index contributed by atoms with van der Waals surface area (Å²) in [5, 5.41) is 8.89. The lowest BCUT2D eigenvalue weighted by molar-refractivity contribution is 0.0690. The Balaban J connectivity index is 1.82. The molecule has 5 heteroatoms. The number of carboxylic acid groups (broad SMARTS) is 1. The summed E-state index contributed by atoms with van der Waals surface area (Å²) in [6, 6.07) is 9.68. The molecule has 0 spiro atoms.